The lowest BCUT2D eigenvalue weighted by atomic mass is 10.1. The number of anilines is 1. The van der Waals surface area contributed by atoms with E-state index in [9.17, 15) is 4.39 Å². The molecule has 168 valence electrons. The van der Waals surface area contributed by atoms with Gasteiger partial charge in [0.2, 0.25) is 0 Å². The van der Waals surface area contributed by atoms with Crippen LogP contribution in [-0.2, 0) is 0 Å². The van der Waals surface area contributed by atoms with E-state index in [1.807, 2.05) is 42.9 Å². The molecule has 0 unspecified atom stereocenters. The second kappa shape index (κ2) is 8.03. The van der Waals surface area contributed by atoms with E-state index < -0.39 is 0 Å². The Morgan fingerprint density at radius 2 is 1.91 bits per heavy atom. The Labute approximate surface area is 198 Å². The lowest BCUT2D eigenvalue weighted by Gasteiger charge is -2.10. The lowest BCUT2D eigenvalue weighted by Crippen LogP contribution is -2.09. The molecule has 6 aromatic rings. The fraction of sp³-hybridized carbons (Fsp3) is 0.120. The number of aromatic nitrogens is 6. The first kappa shape index (κ1) is 20.5. The highest BCUT2D eigenvalue weighted by Gasteiger charge is 2.17. The number of halogens is 1. The number of aromatic amines is 2. The summed E-state index contributed by atoms with van der Waals surface area (Å²) in [4.78, 5) is 18.0. The van der Waals surface area contributed by atoms with Gasteiger partial charge in [-0.25, -0.2) is 9.97 Å². The van der Waals surface area contributed by atoms with Gasteiger partial charge in [0, 0.05) is 46.2 Å². The van der Waals surface area contributed by atoms with Crippen molar-refractivity contribution in [1.29, 1.82) is 0 Å². The highest BCUT2D eigenvalue weighted by Crippen LogP contribution is 2.35. The zero-order valence-electron chi connectivity index (χ0n) is 18.4. The number of imidazole rings is 1. The smallest absolute Gasteiger partial charge is 0.176 e. The number of pyridine rings is 2. The number of para-hydroxylation sites is 1. The number of rotatable bonds is 5. The molecule has 0 spiro atoms. The van der Waals surface area contributed by atoms with E-state index in [0.29, 0.717) is 23.2 Å². The molecule has 0 fully saturated rings. The first-order valence-corrected chi connectivity index (χ1v) is 11.7. The standard InChI is InChI=1S/C25H20FN7S/c1-13(2)29-16-8-14(10-27-12-16)15-9-18-23(32-33-24(18)28-11-15)25-30-19-5-3-4-17(22(19)31-25)20-6-7-21(26)34-20/h3-13,29H,1-2H3,(H,30,31)(H,28,32,33). The third kappa shape index (κ3) is 3.60. The second-order valence-corrected chi connectivity index (χ2v) is 9.38. The van der Waals surface area contributed by atoms with Crippen molar-refractivity contribution >= 4 is 39.1 Å². The highest BCUT2D eigenvalue weighted by atomic mass is 32.1. The molecule has 0 radical (unpaired) electrons. The molecule has 0 aliphatic rings. The monoisotopic (exact) mass is 469 g/mol. The van der Waals surface area contributed by atoms with E-state index in [-0.39, 0.29) is 5.13 Å². The molecule has 5 aromatic heterocycles. The minimum atomic E-state index is -0.221. The third-order valence-corrected chi connectivity index (χ3v) is 6.43. The Hall–Kier alpha value is -4.11. The number of hydrogen-bond donors (Lipinski definition) is 3. The van der Waals surface area contributed by atoms with Crippen LogP contribution >= 0.6 is 11.3 Å². The maximum atomic E-state index is 13.6. The molecule has 0 aliphatic carbocycles. The van der Waals surface area contributed by atoms with Gasteiger partial charge in [-0.3, -0.25) is 10.1 Å². The normalized spacial score (nSPS) is 11.6. The van der Waals surface area contributed by atoms with Crippen LogP contribution in [-0.4, -0.2) is 36.2 Å². The topological polar surface area (TPSA) is 95.2 Å². The average molecular weight is 470 g/mol. The van der Waals surface area contributed by atoms with E-state index >= 15 is 0 Å². The molecule has 5 heterocycles. The first-order valence-electron chi connectivity index (χ1n) is 10.9. The van der Waals surface area contributed by atoms with Crippen LogP contribution in [0.5, 0.6) is 0 Å². The van der Waals surface area contributed by atoms with Crippen molar-refractivity contribution in [2.45, 2.75) is 19.9 Å². The van der Waals surface area contributed by atoms with E-state index in [1.165, 1.54) is 6.07 Å². The highest BCUT2D eigenvalue weighted by molar-refractivity contribution is 7.14. The van der Waals surface area contributed by atoms with E-state index in [2.05, 4.69) is 50.4 Å². The number of benzene rings is 1. The predicted octanol–water partition coefficient (Wildman–Crippen LogP) is 6.25. The Bertz CT molecular complexity index is 1650. The Morgan fingerprint density at radius 1 is 1.03 bits per heavy atom. The molecule has 7 nitrogen and oxygen atoms in total. The maximum Gasteiger partial charge on any atom is 0.176 e. The number of hydrogen-bond acceptors (Lipinski definition) is 6. The second-order valence-electron chi connectivity index (χ2n) is 8.34. The van der Waals surface area contributed by atoms with Crippen LogP contribution < -0.4 is 5.32 Å². The van der Waals surface area contributed by atoms with Crippen molar-refractivity contribution in [3.63, 3.8) is 0 Å². The third-order valence-electron chi connectivity index (χ3n) is 5.52. The summed E-state index contributed by atoms with van der Waals surface area (Å²) in [5, 5.41) is 11.5. The zero-order valence-corrected chi connectivity index (χ0v) is 19.2. The predicted molar refractivity (Wildman–Crippen MR) is 134 cm³/mol. The van der Waals surface area contributed by atoms with Crippen LogP contribution in [0.4, 0.5) is 10.1 Å². The molecule has 9 heteroatoms. The zero-order chi connectivity index (χ0) is 23.2. The number of H-pyrrole nitrogens is 2. The molecule has 34 heavy (non-hydrogen) atoms. The van der Waals surface area contributed by atoms with E-state index in [4.69, 9.17) is 4.98 Å². The summed E-state index contributed by atoms with van der Waals surface area (Å²) in [7, 11) is 0. The molecule has 0 saturated heterocycles. The molecule has 3 N–H and O–H groups in total. The largest absolute Gasteiger partial charge is 0.382 e. The molecule has 6 rings (SSSR count). The van der Waals surface area contributed by atoms with Crippen molar-refractivity contribution < 1.29 is 4.39 Å². The fourth-order valence-corrected chi connectivity index (χ4v) is 4.81. The van der Waals surface area contributed by atoms with Gasteiger partial charge in [0.15, 0.2) is 16.6 Å². The van der Waals surface area contributed by atoms with Crippen LogP contribution in [0.1, 0.15) is 13.8 Å². The summed E-state index contributed by atoms with van der Waals surface area (Å²) < 4.78 is 13.6. The van der Waals surface area contributed by atoms with Crippen LogP contribution in [0, 0.1) is 5.13 Å². The van der Waals surface area contributed by atoms with Gasteiger partial charge in [-0.05, 0) is 44.2 Å². The van der Waals surface area contributed by atoms with Crippen molar-refractivity contribution in [3.8, 4) is 33.1 Å². The van der Waals surface area contributed by atoms with Gasteiger partial charge in [0.1, 0.15) is 5.69 Å². The van der Waals surface area contributed by atoms with Crippen LogP contribution in [0.3, 0.4) is 0 Å². The summed E-state index contributed by atoms with van der Waals surface area (Å²) in [6.45, 7) is 4.18. The van der Waals surface area contributed by atoms with Crippen LogP contribution in [0.15, 0.2) is 61.1 Å². The van der Waals surface area contributed by atoms with Gasteiger partial charge in [0.05, 0.1) is 22.1 Å². The van der Waals surface area contributed by atoms with Crippen molar-refractivity contribution in [2.24, 2.45) is 0 Å². The number of thiophene rings is 1. The van der Waals surface area contributed by atoms with Gasteiger partial charge in [-0.1, -0.05) is 12.1 Å². The molecule has 0 saturated carbocycles. The van der Waals surface area contributed by atoms with Gasteiger partial charge in [0.25, 0.3) is 0 Å². The number of nitrogens with one attached hydrogen (secondary N) is 3. The minimum Gasteiger partial charge on any atom is -0.382 e. The van der Waals surface area contributed by atoms with E-state index in [1.54, 1.807) is 6.07 Å². The Balaban J connectivity index is 1.45. The van der Waals surface area contributed by atoms with Gasteiger partial charge in [-0.15, -0.1) is 11.3 Å². The van der Waals surface area contributed by atoms with Gasteiger partial charge in [-0.2, -0.15) is 9.49 Å². The summed E-state index contributed by atoms with van der Waals surface area (Å²) in [5.74, 6) is 0.623. The summed E-state index contributed by atoms with van der Waals surface area (Å²) in [5.41, 5.74) is 6.70. The van der Waals surface area contributed by atoms with Crippen LogP contribution in [0.25, 0.3) is 55.2 Å². The average Bonchev–Trinajstić information content (AvgIpc) is 3.55. The summed E-state index contributed by atoms with van der Waals surface area (Å²) in [6.07, 6.45) is 5.44. The molecule has 1 aromatic carbocycles. The van der Waals surface area contributed by atoms with Gasteiger partial charge < -0.3 is 10.3 Å². The lowest BCUT2D eigenvalue weighted by molar-refractivity contribution is 0.657. The summed E-state index contributed by atoms with van der Waals surface area (Å²) in [6, 6.07) is 13.5. The Morgan fingerprint density at radius 3 is 2.74 bits per heavy atom. The minimum absolute atomic E-state index is 0.221. The number of nitrogens with zero attached hydrogens (tertiary/aromatic N) is 4. The van der Waals surface area contributed by atoms with Crippen molar-refractivity contribution in [2.75, 3.05) is 5.32 Å². The fourth-order valence-electron chi connectivity index (χ4n) is 4.05. The molecular formula is C25H20FN7S. The van der Waals surface area contributed by atoms with Gasteiger partial charge >= 0.3 is 0 Å². The van der Waals surface area contributed by atoms with Crippen molar-refractivity contribution in [3.05, 3.63) is 66.2 Å². The van der Waals surface area contributed by atoms with Crippen LogP contribution in [0.2, 0.25) is 0 Å². The van der Waals surface area contributed by atoms with Crippen molar-refractivity contribution in [1.82, 2.24) is 30.1 Å². The first-order chi connectivity index (χ1) is 16.5. The molecule has 0 bridgehead atoms. The quantitative estimate of drug-likeness (QED) is 0.277. The Kier molecular flexibility index (Phi) is 4.84. The number of fused-ring (bicyclic) bond motifs is 2. The molecule has 0 amide bonds. The maximum absolute atomic E-state index is 13.6. The van der Waals surface area contributed by atoms with E-state index in [0.717, 1.165) is 55.0 Å². The summed E-state index contributed by atoms with van der Waals surface area (Å²) >= 11 is 1.11. The SMILES string of the molecule is CC(C)Nc1cncc(-c2cnc3[nH]nc(-c4nc5c(-c6ccc(F)s6)cccc5[nH]4)c3c2)c1. The molecule has 0 aliphatic heterocycles. The molecule has 0 atom stereocenters. The molecular weight excluding hydrogens is 449 g/mol.